The summed E-state index contributed by atoms with van der Waals surface area (Å²) in [5, 5.41) is 5.54. The minimum Gasteiger partial charge on any atom is -0.484 e. The molecule has 0 fully saturated rings. The predicted molar refractivity (Wildman–Crippen MR) is 99.5 cm³/mol. The number of halogens is 3. The van der Waals surface area contributed by atoms with Gasteiger partial charge in [0.05, 0.1) is 17.4 Å². The van der Waals surface area contributed by atoms with Crippen molar-refractivity contribution in [3.05, 3.63) is 78.5 Å². The van der Waals surface area contributed by atoms with Crippen LogP contribution in [-0.4, -0.2) is 17.5 Å². The molecule has 0 aliphatic carbocycles. The van der Waals surface area contributed by atoms with Crippen LogP contribution in [0.15, 0.2) is 72.9 Å². The molecule has 1 heterocycles. The van der Waals surface area contributed by atoms with Gasteiger partial charge in [0, 0.05) is 5.69 Å². The molecule has 0 aliphatic rings. The summed E-state index contributed by atoms with van der Waals surface area (Å²) < 4.78 is 43.1. The Bertz CT molecular complexity index is 912. The molecule has 0 saturated carbocycles. The summed E-state index contributed by atoms with van der Waals surface area (Å²) in [6.45, 7) is -0.143. The van der Waals surface area contributed by atoms with Crippen LogP contribution in [0.5, 0.6) is 5.75 Å². The number of rotatable bonds is 6. The number of ether oxygens (including phenoxy) is 1. The van der Waals surface area contributed by atoms with Crippen molar-refractivity contribution in [2.75, 3.05) is 17.2 Å². The van der Waals surface area contributed by atoms with Crippen molar-refractivity contribution < 1.29 is 22.7 Å². The van der Waals surface area contributed by atoms with E-state index in [0.29, 0.717) is 22.9 Å². The van der Waals surface area contributed by atoms with Crippen LogP contribution in [0, 0.1) is 0 Å². The van der Waals surface area contributed by atoms with Gasteiger partial charge < -0.3 is 15.4 Å². The standard InChI is InChI=1S/C20H16F3N3O2/c21-20(22,23)14-6-8-15(9-7-14)25-18-11-10-16(12-24-18)26-19(27)13-28-17-4-2-1-3-5-17/h1-12H,13H2,(H,24,25)(H,26,27). The number of para-hydroxylation sites is 1. The van der Waals surface area contributed by atoms with Gasteiger partial charge in [0.25, 0.3) is 5.91 Å². The Labute approximate surface area is 159 Å². The third-order valence-electron chi connectivity index (χ3n) is 3.65. The van der Waals surface area contributed by atoms with Crippen LogP contribution in [0.25, 0.3) is 0 Å². The molecule has 3 aromatic rings. The number of benzene rings is 2. The first-order valence-corrected chi connectivity index (χ1v) is 8.28. The number of hydrogen-bond acceptors (Lipinski definition) is 4. The number of nitrogens with zero attached hydrogens (tertiary/aromatic N) is 1. The fraction of sp³-hybridized carbons (Fsp3) is 0.100. The zero-order valence-electron chi connectivity index (χ0n) is 14.5. The average Bonchev–Trinajstić information content (AvgIpc) is 2.68. The molecule has 0 bridgehead atoms. The summed E-state index contributed by atoms with van der Waals surface area (Å²) in [4.78, 5) is 16.0. The molecule has 3 rings (SSSR count). The summed E-state index contributed by atoms with van der Waals surface area (Å²) >= 11 is 0. The van der Waals surface area contributed by atoms with Gasteiger partial charge in [-0.05, 0) is 48.5 Å². The Morgan fingerprint density at radius 1 is 0.929 bits per heavy atom. The van der Waals surface area contributed by atoms with E-state index in [1.165, 1.54) is 18.3 Å². The largest absolute Gasteiger partial charge is 0.484 e. The normalized spacial score (nSPS) is 11.0. The minimum absolute atomic E-state index is 0.143. The highest BCUT2D eigenvalue weighted by Gasteiger charge is 2.29. The molecule has 28 heavy (non-hydrogen) atoms. The van der Waals surface area contributed by atoms with Crippen LogP contribution in [0.4, 0.5) is 30.4 Å². The number of carbonyl (C=O) groups excluding carboxylic acids is 1. The van der Waals surface area contributed by atoms with Gasteiger partial charge >= 0.3 is 6.18 Å². The Balaban J connectivity index is 1.52. The summed E-state index contributed by atoms with van der Waals surface area (Å²) in [5.74, 6) is 0.680. The molecule has 0 radical (unpaired) electrons. The van der Waals surface area contributed by atoms with E-state index in [1.807, 2.05) is 6.07 Å². The number of hydrogen-bond donors (Lipinski definition) is 2. The molecule has 0 atom stereocenters. The van der Waals surface area contributed by atoms with E-state index in [9.17, 15) is 18.0 Å². The molecular formula is C20H16F3N3O2. The molecule has 0 spiro atoms. The van der Waals surface area contributed by atoms with Crippen molar-refractivity contribution in [2.24, 2.45) is 0 Å². The van der Waals surface area contributed by atoms with Crippen LogP contribution >= 0.6 is 0 Å². The summed E-state index contributed by atoms with van der Waals surface area (Å²) in [6, 6.07) is 16.8. The van der Waals surface area contributed by atoms with Crippen LogP contribution in [0.2, 0.25) is 0 Å². The lowest BCUT2D eigenvalue weighted by Gasteiger charge is -2.10. The molecule has 8 heteroatoms. The van der Waals surface area contributed by atoms with Crippen molar-refractivity contribution >= 4 is 23.1 Å². The van der Waals surface area contributed by atoms with E-state index in [0.717, 1.165) is 12.1 Å². The molecule has 5 nitrogen and oxygen atoms in total. The number of nitrogens with one attached hydrogen (secondary N) is 2. The smallest absolute Gasteiger partial charge is 0.416 e. The van der Waals surface area contributed by atoms with Crippen LogP contribution in [0.3, 0.4) is 0 Å². The monoisotopic (exact) mass is 387 g/mol. The molecule has 1 amide bonds. The Morgan fingerprint density at radius 3 is 2.21 bits per heavy atom. The molecule has 0 saturated heterocycles. The summed E-state index contributed by atoms with van der Waals surface area (Å²) in [5.41, 5.74) is 0.218. The molecule has 0 unspecified atom stereocenters. The van der Waals surface area contributed by atoms with E-state index in [2.05, 4.69) is 15.6 Å². The van der Waals surface area contributed by atoms with Crippen molar-refractivity contribution in [2.45, 2.75) is 6.18 Å². The van der Waals surface area contributed by atoms with Gasteiger partial charge in [0.1, 0.15) is 11.6 Å². The van der Waals surface area contributed by atoms with Gasteiger partial charge in [0.15, 0.2) is 6.61 Å². The van der Waals surface area contributed by atoms with Gasteiger partial charge in [-0.2, -0.15) is 13.2 Å². The second-order valence-electron chi connectivity index (χ2n) is 5.78. The molecule has 2 N–H and O–H groups in total. The number of carbonyl (C=O) groups is 1. The van der Waals surface area contributed by atoms with E-state index in [1.54, 1.807) is 36.4 Å². The number of pyridine rings is 1. The average molecular weight is 387 g/mol. The maximum atomic E-state index is 12.6. The van der Waals surface area contributed by atoms with Crippen molar-refractivity contribution in [3.63, 3.8) is 0 Å². The second kappa shape index (κ2) is 8.43. The van der Waals surface area contributed by atoms with Gasteiger partial charge in [-0.25, -0.2) is 4.98 Å². The Hall–Kier alpha value is -3.55. The lowest BCUT2D eigenvalue weighted by molar-refractivity contribution is -0.137. The fourth-order valence-corrected chi connectivity index (χ4v) is 2.29. The lowest BCUT2D eigenvalue weighted by Crippen LogP contribution is -2.20. The Kier molecular flexibility index (Phi) is 5.78. The van der Waals surface area contributed by atoms with Crippen LogP contribution in [-0.2, 0) is 11.0 Å². The number of anilines is 3. The maximum absolute atomic E-state index is 12.6. The number of aromatic nitrogens is 1. The van der Waals surface area contributed by atoms with Crippen LogP contribution < -0.4 is 15.4 Å². The summed E-state index contributed by atoms with van der Waals surface area (Å²) in [6.07, 6.45) is -2.94. The SMILES string of the molecule is O=C(COc1ccccc1)Nc1ccc(Nc2ccc(C(F)(F)F)cc2)nc1. The first-order valence-electron chi connectivity index (χ1n) is 8.28. The fourth-order valence-electron chi connectivity index (χ4n) is 2.29. The van der Waals surface area contributed by atoms with Gasteiger partial charge in [0.2, 0.25) is 0 Å². The van der Waals surface area contributed by atoms with Gasteiger partial charge in [-0.1, -0.05) is 18.2 Å². The van der Waals surface area contributed by atoms with Crippen LogP contribution in [0.1, 0.15) is 5.56 Å². The summed E-state index contributed by atoms with van der Waals surface area (Å²) in [7, 11) is 0. The maximum Gasteiger partial charge on any atom is 0.416 e. The lowest BCUT2D eigenvalue weighted by atomic mass is 10.2. The first kappa shape index (κ1) is 19.2. The third-order valence-corrected chi connectivity index (χ3v) is 3.65. The number of amides is 1. The van der Waals surface area contributed by atoms with E-state index >= 15 is 0 Å². The molecule has 1 aromatic heterocycles. The number of alkyl halides is 3. The Morgan fingerprint density at radius 2 is 1.61 bits per heavy atom. The van der Waals surface area contributed by atoms with E-state index in [-0.39, 0.29) is 12.5 Å². The van der Waals surface area contributed by atoms with Crippen molar-refractivity contribution in [1.82, 2.24) is 4.98 Å². The highest BCUT2D eigenvalue weighted by atomic mass is 19.4. The highest BCUT2D eigenvalue weighted by Crippen LogP contribution is 2.30. The van der Waals surface area contributed by atoms with Crippen molar-refractivity contribution in [1.29, 1.82) is 0 Å². The zero-order chi connectivity index (χ0) is 20.0. The van der Waals surface area contributed by atoms with E-state index in [4.69, 9.17) is 4.74 Å². The van der Waals surface area contributed by atoms with E-state index < -0.39 is 11.7 Å². The molecular weight excluding hydrogens is 371 g/mol. The second-order valence-corrected chi connectivity index (χ2v) is 5.78. The first-order chi connectivity index (χ1) is 13.4. The van der Waals surface area contributed by atoms with Crippen molar-refractivity contribution in [3.8, 4) is 5.75 Å². The highest BCUT2D eigenvalue weighted by molar-refractivity contribution is 5.91. The van der Waals surface area contributed by atoms with Gasteiger partial charge in [-0.15, -0.1) is 0 Å². The molecule has 0 aliphatic heterocycles. The molecule has 2 aromatic carbocycles. The zero-order valence-corrected chi connectivity index (χ0v) is 14.5. The van der Waals surface area contributed by atoms with Gasteiger partial charge in [-0.3, -0.25) is 4.79 Å². The molecule has 144 valence electrons. The topological polar surface area (TPSA) is 63.2 Å². The quantitative estimate of drug-likeness (QED) is 0.634. The third kappa shape index (κ3) is 5.47. The minimum atomic E-state index is -4.37. The predicted octanol–water partition coefficient (Wildman–Crippen LogP) is 4.86.